The van der Waals surface area contributed by atoms with Crippen LogP contribution in [-0.4, -0.2) is 47.1 Å². The Morgan fingerprint density at radius 2 is 1.81 bits per heavy atom. The van der Waals surface area contributed by atoms with E-state index in [0.29, 0.717) is 31.1 Å². The van der Waals surface area contributed by atoms with E-state index in [4.69, 9.17) is 9.47 Å². The summed E-state index contributed by atoms with van der Waals surface area (Å²) < 4.78 is 11.2. The van der Waals surface area contributed by atoms with Gasteiger partial charge < -0.3 is 25.0 Å². The molecule has 1 aromatic heterocycles. The molecule has 0 saturated heterocycles. The van der Waals surface area contributed by atoms with Crippen LogP contribution in [0.5, 0.6) is 11.5 Å². The number of hydrogen-bond donors (Lipinski definition) is 3. The Morgan fingerprint density at radius 1 is 1.08 bits per heavy atom. The topological polar surface area (TPSA) is 83.8 Å². The number of rotatable bonds is 11. The number of benzene rings is 1. The van der Waals surface area contributed by atoms with Crippen LogP contribution in [0.4, 0.5) is 0 Å². The van der Waals surface area contributed by atoms with Crippen molar-refractivity contribution in [2.24, 2.45) is 0 Å². The molecule has 6 heteroatoms. The highest BCUT2D eigenvalue weighted by Crippen LogP contribution is 2.26. The summed E-state index contributed by atoms with van der Waals surface area (Å²) in [7, 11) is 0. The van der Waals surface area contributed by atoms with Gasteiger partial charge in [-0.05, 0) is 44.0 Å². The number of aromatic nitrogens is 1. The molecule has 0 aliphatic carbocycles. The minimum absolute atomic E-state index is 0.0376. The Kier molecular flexibility index (Phi) is 8.34. The van der Waals surface area contributed by atoms with E-state index in [1.54, 1.807) is 18.5 Å². The van der Waals surface area contributed by atoms with Crippen LogP contribution in [0.2, 0.25) is 0 Å². The number of ether oxygens (including phenoxy) is 2. The molecule has 26 heavy (non-hydrogen) atoms. The number of hydrogen-bond acceptors (Lipinski definition) is 6. The predicted octanol–water partition coefficient (Wildman–Crippen LogP) is 2.32. The van der Waals surface area contributed by atoms with Crippen molar-refractivity contribution < 1.29 is 19.7 Å². The van der Waals surface area contributed by atoms with Crippen molar-refractivity contribution >= 4 is 0 Å². The highest BCUT2D eigenvalue weighted by Gasteiger charge is 2.14. The summed E-state index contributed by atoms with van der Waals surface area (Å²) in [6, 6.07) is 11.1. The molecule has 1 aromatic carbocycles. The third kappa shape index (κ3) is 6.63. The van der Waals surface area contributed by atoms with E-state index in [1.165, 1.54) is 0 Å². The van der Waals surface area contributed by atoms with Gasteiger partial charge in [-0.3, -0.25) is 4.98 Å². The molecule has 0 radical (unpaired) electrons. The van der Waals surface area contributed by atoms with Crippen LogP contribution in [0.1, 0.15) is 31.9 Å². The van der Waals surface area contributed by atoms with Crippen LogP contribution in [0.15, 0.2) is 48.8 Å². The molecule has 0 spiro atoms. The Labute approximate surface area is 154 Å². The van der Waals surface area contributed by atoms with E-state index >= 15 is 0 Å². The summed E-state index contributed by atoms with van der Waals surface area (Å²) in [6.07, 6.45) is 2.63. The van der Waals surface area contributed by atoms with Gasteiger partial charge >= 0.3 is 0 Å². The lowest BCUT2D eigenvalue weighted by Crippen LogP contribution is -2.37. The summed E-state index contributed by atoms with van der Waals surface area (Å²) >= 11 is 0. The molecule has 3 N–H and O–H groups in total. The van der Waals surface area contributed by atoms with E-state index in [1.807, 2.05) is 44.2 Å². The first-order valence-corrected chi connectivity index (χ1v) is 8.94. The standard InChI is InChI=1S/C20H28N2O4/c1-3-25-19-8-4-5-9-20(19)26-14-17(23)13-22-15(2)11-18(24)16-7-6-10-21-12-16/h4-10,12,15,17-18,22-24H,3,11,13-14H2,1-2H3. The maximum absolute atomic E-state index is 10.2. The largest absolute Gasteiger partial charge is 0.490 e. The molecule has 2 rings (SSSR count). The fraction of sp³-hybridized carbons (Fsp3) is 0.450. The van der Waals surface area contributed by atoms with Crippen LogP contribution >= 0.6 is 0 Å². The van der Waals surface area contributed by atoms with Crippen molar-refractivity contribution in [1.29, 1.82) is 0 Å². The average Bonchev–Trinajstić information content (AvgIpc) is 2.66. The smallest absolute Gasteiger partial charge is 0.161 e. The Hall–Kier alpha value is -2.15. The minimum Gasteiger partial charge on any atom is -0.490 e. The third-order valence-electron chi connectivity index (χ3n) is 3.93. The predicted molar refractivity (Wildman–Crippen MR) is 100 cm³/mol. The van der Waals surface area contributed by atoms with Gasteiger partial charge in [-0.2, -0.15) is 0 Å². The molecule has 0 saturated carbocycles. The number of aliphatic hydroxyl groups is 2. The molecule has 142 valence electrons. The van der Waals surface area contributed by atoms with Gasteiger partial charge in [-0.1, -0.05) is 18.2 Å². The number of para-hydroxylation sites is 2. The van der Waals surface area contributed by atoms with E-state index in [0.717, 1.165) is 5.56 Å². The van der Waals surface area contributed by atoms with Gasteiger partial charge in [0.15, 0.2) is 11.5 Å². The molecule has 2 aromatic rings. The average molecular weight is 360 g/mol. The third-order valence-corrected chi connectivity index (χ3v) is 3.93. The first-order chi connectivity index (χ1) is 12.6. The summed E-state index contributed by atoms with van der Waals surface area (Å²) in [5.74, 6) is 1.29. The van der Waals surface area contributed by atoms with Gasteiger partial charge in [0.2, 0.25) is 0 Å². The molecule has 1 heterocycles. The normalized spacial score (nSPS) is 14.5. The molecule has 3 atom stereocenters. The Morgan fingerprint density at radius 3 is 2.46 bits per heavy atom. The molecular formula is C20H28N2O4. The van der Waals surface area contributed by atoms with Crippen molar-refractivity contribution in [3.05, 3.63) is 54.4 Å². The van der Waals surface area contributed by atoms with Crippen LogP contribution < -0.4 is 14.8 Å². The van der Waals surface area contributed by atoms with E-state index in [9.17, 15) is 10.2 Å². The van der Waals surface area contributed by atoms with Crippen molar-refractivity contribution in [1.82, 2.24) is 10.3 Å². The summed E-state index contributed by atoms with van der Waals surface area (Å²) in [5.41, 5.74) is 0.789. The number of nitrogens with one attached hydrogen (secondary N) is 1. The fourth-order valence-corrected chi connectivity index (χ4v) is 2.55. The number of aliphatic hydroxyl groups excluding tert-OH is 2. The second-order valence-electron chi connectivity index (χ2n) is 6.19. The summed E-state index contributed by atoms with van der Waals surface area (Å²) in [4.78, 5) is 4.01. The van der Waals surface area contributed by atoms with Crippen LogP contribution in [0, 0.1) is 0 Å². The monoisotopic (exact) mass is 360 g/mol. The molecule has 6 nitrogen and oxygen atoms in total. The molecular weight excluding hydrogens is 332 g/mol. The maximum atomic E-state index is 10.2. The highest BCUT2D eigenvalue weighted by molar-refractivity contribution is 5.39. The SMILES string of the molecule is CCOc1ccccc1OCC(O)CNC(C)CC(O)c1cccnc1. The number of nitrogens with zero attached hydrogens (tertiary/aromatic N) is 1. The summed E-state index contributed by atoms with van der Waals surface area (Å²) in [5, 5.41) is 23.6. The van der Waals surface area contributed by atoms with Crippen molar-refractivity contribution in [2.75, 3.05) is 19.8 Å². The van der Waals surface area contributed by atoms with Crippen molar-refractivity contribution in [2.45, 2.75) is 38.5 Å². The summed E-state index contributed by atoms with van der Waals surface area (Å²) in [6.45, 7) is 4.97. The van der Waals surface area contributed by atoms with E-state index < -0.39 is 12.2 Å². The lowest BCUT2D eigenvalue weighted by Gasteiger charge is -2.20. The van der Waals surface area contributed by atoms with Crippen LogP contribution in [0.3, 0.4) is 0 Å². The molecule has 0 amide bonds. The van der Waals surface area contributed by atoms with Gasteiger partial charge in [0, 0.05) is 25.0 Å². The fourth-order valence-electron chi connectivity index (χ4n) is 2.55. The lowest BCUT2D eigenvalue weighted by molar-refractivity contribution is 0.0969. The zero-order valence-electron chi connectivity index (χ0n) is 15.3. The van der Waals surface area contributed by atoms with Gasteiger partial charge in [0.1, 0.15) is 12.7 Å². The first-order valence-electron chi connectivity index (χ1n) is 8.94. The minimum atomic E-state index is -0.664. The molecule has 0 aliphatic heterocycles. The zero-order valence-corrected chi connectivity index (χ0v) is 15.3. The Bertz CT molecular complexity index is 639. The highest BCUT2D eigenvalue weighted by atomic mass is 16.5. The first kappa shape index (κ1) is 20.2. The van der Waals surface area contributed by atoms with Gasteiger partial charge in [0.25, 0.3) is 0 Å². The zero-order chi connectivity index (χ0) is 18.8. The second-order valence-corrected chi connectivity index (χ2v) is 6.19. The van der Waals surface area contributed by atoms with Crippen molar-refractivity contribution in [3.8, 4) is 11.5 Å². The van der Waals surface area contributed by atoms with Crippen LogP contribution in [0.25, 0.3) is 0 Å². The lowest BCUT2D eigenvalue weighted by atomic mass is 10.0. The quantitative estimate of drug-likeness (QED) is 0.570. The molecule has 0 aliphatic rings. The van der Waals surface area contributed by atoms with Gasteiger partial charge in [-0.25, -0.2) is 0 Å². The van der Waals surface area contributed by atoms with Gasteiger partial charge in [0.05, 0.1) is 12.7 Å². The maximum Gasteiger partial charge on any atom is 0.161 e. The molecule has 3 unspecified atom stereocenters. The van der Waals surface area contributed by atoms with E-state index in [-0.39, 0.29) is 12.6 Å². The molecule has 0 fully saturated rings. The molecule has 0 bridgehead atoms. The van der Waals surface area contributed by atoms with E-state index in [2.05, 4.69) is 10.3 Å². The second kappa shape index (κ2) is 10.8. The van der Waals surface area contributed by atoms with Gasteiger partial charge in [-0.15, -0.1) is 0 Å². The Balaban J connectivity index is 1.72. The van der Waals surface area contributed by atoms with Crippen molar-refractivity contribution in [3.63, 3.8) is 0 Å². The van der Waals surface area contributed by atoms with Crippen LogP contribution in [-0.2, 0) is 0 Å². The number of pyridine rings is 1.